The van der Waals surface area contributed by atoms with Crippen LogP contribution < -0.4 is 5.32 Å². The number of rotatable bonds is 5. The van der Waals surface area contributed by atoms with Gasteiger partial charge in [-0.1, -0.05) is 18.2 Å². The van der Waals surface area contributed by atoms with Gasteiger partial charge in [0.15, 0.2) is 4.67 Å². The smallest absolute Gasteiger partial charge is 0.260 e. The predicted octanol–water partition coefficient (Wildman–Crippen LogP) is 3.83. The summed E-state index contributed by atoms with van der Waals surface area (Å²) in [4.78, 5) is 12.1. The molecule has 1 aromatic heterocycles. The van der Waals surface area contributed by atoms with Crippen molar-refractivity contribution in [2.45, 2.75) is 13.5 Å². The highest BCUT2D eigenvalue weighted by atomic mass is 79.9. The minimum Gasteiger partial charge on any atom is -0.457 e. The van der Waals surface area contributed by atoms with Gasteiger partial charge in [-0.2, -0.15) is 0 Å². The fourth-order valence-corrected chi connectivity index (χ4v) is 2.05. The molecule has 0 fully saturated rings. The van der Waals surface area contributed by atoms with Crippen LogP contribution in [0.4, 0.5) is 5.69 Å². The second kappa shape index (κ2) is 6.54. The number of carbonyl (C=O) groups excluding carboxylic acids is 1. The Kier molecular flexibility index (Phi) is 4.76. The average Bonchev–Trinajstić information content (AvgIpc) is 2.84. The van der Waals surface area contributed by atoms with Crippen molar-refractivity contribution in [3.8, 4) is 0 Å². The Labute approximate surface area is 119 Å². The molecule has 1 aromatic carbocycles. The summed E-state index contributed by atoms with van der Waals surface area (Å²) in [6, 6.07) is 9.17. The van der Waals surface area contributed by atoms with Gasteiger partial charge in [-0.15, -0.1) is 0 Å². The van der Waals surface area contributed by atoms with E-state index in [1.54, 1.807) is 6.07 Å². The summed E-state index contributed by atoms with van der Waals surface area (Å²) in [6.07, 6.45) is 1.46. The number of hydrogen-bond acceptors (Lipinski definition) is 3. The van der Waals surface area contributed by atoms with E-state index in [0.717, 1.165) is 11.3 Å². The molecule has 0 spiro atoms. The highest BCUT2D eigenvalue weighted by molar-refractivity contribution is 9.10. The lowest BCUT2D eigenvalue weighted by Gasteiger charge is -2.10. The van der Waals surface area contributed by atoms with E-state index in [4.69, 9.17) is 9.15 Å². The molecule has 2 rings (SSSR count). The second-order valence-corrected chi connectivity index (χ2v) is 4.58. The fraction of sp³-hybridized carbons (Fsp3) is 0.214. The summed E-state index contributed by atoms with van der Waals surface area (Å²) in [5, 5.41) is 2.85. The van der Waals surface area contributed by atoms with Crippen LogP contribution in [0.2, 0.25) is 0 Å². The SMILES string of the molecule is CCOCc1ccccc1NC(=O)c1ccoc1Br. The summed E-state index contributed by atoms with van der Waals surface area (Å²) < 4.78 is 10.9. The number of carbonyl (C=O) groups is 1. The molecule has 0 aliphatic carbocycles. The first-order chi connectivity index (χ1) is 9.22. The molecule has 1 N–H and O–H groups in total. The van der Waals surface area contributed by atoms with Gasteiger partial charge in [-0.3, -0.25) is 4.79 Å². The van der Waals surface area contributed by atoms with Gasteiger partial charge in [0, 0.05) is 17.9 Å². The van der Waals surface area contributed by atoms with Crippen molar-refractivity contribution in [2.24, 2.45) is 0 Å². The van der Waals surface area contributed by atoms with Gasteiger partial charge in [0.05, 0.1) is 18.4 Å². The molecule has 0 aliphatic rings. The number of anilines is 1. The second-order valence-electron chi connectivity index (χ2n) is 3.86. The Morgan fingerprint density at radius 1 is 1.37 bits per heavy atom. The van der Waals surface area contributed by atoms with Gasteiger partial charge in [0.1, 0.15) is 0 Å². The molecule has 100 valence electrons. The van der Waals surface area contributed by atoms with Gasteiger partial charge in [-0.25, -0.2) is 0 Å². The highest BCUT2D eigenvalue weighted by Gasteiger charge is 2.14. The van der Waals surface area contributed by atoms with E-state index >= 15 is 0 Å². The topological polar surface area (TPSA) is 51.5 Å². The van der Waals surface area contributed by atoms with Crippen molar-refractivity contribution in [1.29, 1.82) is 0 Å². The zero-order chi connectivity index (χ0) is 13.7. The molecule has 0 aliphatic heterocycles. The van der Waals surface area contributed by atoms with Crippen molar-refractivity contribution in [1.82, 2.24) is 0 Å². The zero-order valence-corrected chi connectivity index (χ0v) is 12.1. The minimum atomic E-state index is -0.218. The summed E-state index contributed by atoms with van der Waals surface area (Å²) in [5.41, 5.74) is 2.15. The van der Waals surface area contributed by atoms with Gasteiger partial charge in [-0.05, 0) is 35.0 Å². The van der Waals surface area contributed by atoms with Crippen LogP contribution in [0.25, 0.3) is 0 Å². The first-order valence-corrected chi connectivity index (χ1v) is 6.71. The zero-order valence-electron chi connectivity index (χ0n) is 10.5. The number of nitrogens with one attached hydrogen (secondary N) is 1. The van der Waals surface area contributed by atoms with Crippen LogP contribution in [0.15, 0.2) is 45.7 Å². The number of ether oxygens (including phenoxy) is 1. The third kappa shape index (κ3) is 3.45. The molecule has 5 heteroatoms. The lowest BCUT2D eigenvalue weighted by molar-refractivity contribution is 0.102. The normalized spacial score (nSPS) is 10.4. The van der Waals surface area contributed by atoms with E-state index < -0.39 is 0 Å². The van der Waals surface area contributed by atoms with Crippen molar-refractivity contribution >= 4 is 27.5 Å². The average molecular weight is 324 g/mol. The van der Waals surface area contributed by atoms with E-state index in [1.807, 2.05) is 31.2 Å². The lowest BCUT2D eigenvalue weighted by atomic mass is 10.2. The standard InChI is InChI=1S/C14H14BrNO3/c1-2-18-9-10-5-3-4-6-12(10)16-14(17)11-7-8-19-13(11)15/h3-8H,2,9H2,1H3,(H,16,17). The quantitative estimate of drug-likeness (QED) is 0.909. The largest absolute Gasteiger partial charge is 0.457 e. The van der Waals surface area contributed by atoms with Crippen molar-refractivity contribution in [3.05, 3.63) is 52.4 Å². The van der Waals surface area contributed by atoms with Crippen LogP contribution in [0, 0.1) is 0 Å². The molecule has 19 heavy (non-hydrogen) atoms. The third-order valence-electron chi connectivity index (χ3n) is 2.59. The predicted molar refractivity (Wildman–Crippen MR) is 76.1 cm³/mol. The van der Waals surface area contributed by atoms with Crippen LogP contribution >= 0.6 is 15.9 Å². The monoisotopic (exact) mass is 323 g/mol. The lowest BCUT2D eigenvalue weighted by Crippen LogP contribution is -2.13. The Morgan fingerprint density at radius 2 is 2.16 bits per heavy atom. The molecule has 0 unspecified atom stereocenters. The summed E-state index contributed by atoms with van der Waals surface area (Å²) >= 11 is 3.19. The molecule has 0 saturated carbocycles. The minimum absolute atomic E-state index is 0.218. The van der Waals surface area contributed by atoms with Crippen molar-refractivity contribution < 1.29 is 13.9 Å². The molecule has 1 heterocycles. The summed E-state index contributed by atoms with van der Waals surface area (Å²) in [6.45, 7) is 3.04. The number of halogens is 1. The maximum absolute atomic E-state index is 12.1. The van der Waals surface area contributed by atoms with Gasteiger partial charge < -0.3 is 14.5 Å². The molecule has 0 radical (unpaired) electrons. The Hall–Kier alpha value is -1.59. The van der Waals surface area contributed by atoms with Crippen molar-refractivity contribution in [3.63, 3.8) is 0 Å². The summed E-state index contributed by atoms with van der Waals surface area (Å²) in [5.74, 6) is -0.218. The first-order valence-electron chi connectivity index (χ1n) is 5.92. The fourth-order valence-electron chi connectivity index (χ4n) is 1.63. The molecular weight excluding hydrogens is 310 g/mol. The number of para-hydroxylation sites is 1. The van der Waals surface area contributed by atoms with E-state index in [2.05, 4.69) is 21.2 Å². The molecule has 0 atom stereocenters. The molecular formula is C14H14BrNO3. The van der Waals surface area contributed by atoms with Crippen LogP contribution in [0.5, 0.6) is 0 Å². The van der Waals surface area contributed by atoms with Crippen LogP contribution in [-0.4, -0.2) is 12.5 Å². The molecule has 2 aromatic rings. The number of furan rings is 1. The Morgan fingerprint density at radius 3 is 2.84 bits per heavy atom. The van der Waals surface area contributed by atoms with Gasteiger partial charge in [0.25, 0.3) is 5.91 Å². The first kappa shape index (κ1) is 13.8. The number of hydrogen-bond donors (Lipinski definition) is 1. The van der Waals surface area contributed by atoms with Crippen LogP contribution in [0.3, 0.4) is 0 Å². The van der Waals surface area contributed by atoms with E-state index in [1.165, 1.54) is 6.26 Å². The Bertz CT molecular complexity index is 565. The highest BCUT2D eigenvalue weighted by Crippen LogP contribution is 2.21. The van der Waals surface area contributed by atoms with Gasteiger partial charge >= 0.3 is 0 Å². The third-order valence-corrected chi connectivity index (χ3v) is 3.20. The van der Waals surface area contributed by atoms with E-state index in [-0.39, 0.29) is 5.91 Å². The maximum Gasteiger partial charge on any atom is 0.260 e. The molecule has 4 nitrogen and oxygen atoms in total. The molecule has 0 bridgehead atoms. The van der Waals surface area contributed by atoms with Crippen LogP contribution in [-0.2, 0) is 11.3 Å². The Balaban J connectivity index is 2.15. The van der Waals surface area contributed by atoms with Crippen LogP contribution in [0.1, 0.15) is 22.8 Å². The summed E-state index contributed by atoms with van der Waals surface area (Å²) in [7, 11) is 0. The van der Waals surface area contributed by atoms with E-state index in [9.17, 15) is 4.79 Å². The number of benzene rings is 1. The van der Waals surface area contributed by atoms with E-state index in [0.29, 0.717) is 23.4 Å². The molecule has 1 amide bonds. The number of amides is 1. The molecule has 0 saturated heterocycles. The van der Waals surface area contributed by atoms with Gasteiger partial charge in [0.2, 0.25) is 0 Å². The van der Waals surface area contributed by atoms with Crippen molar-refractivity contribution in [2.75, 3.05) is 11.9 Å². The maximum atomic E-state index is 12.1.